The molecule has 0 N–H and O–H groups in total. The van der Waals surface area contributed by atoms with Gasteiger partial charge in [0.25, 0.3) is 8.32 Å². The van der Waals surface area contributed by atoms with Crippen molar-refractivity contribution in [3.8, 4) is 10.7 Å². The third-order valence-corrected chi connectivity index (χ3v) is 10.2. The normalized spacial score (nSPS) is 11.6. The van der Waals surface area contributed by atoms with Crippen LogP contribution in [0.3, 0.4) is 0 Å². The average molecular weight is 365 g/mol. The molecule has 1 nitrogen and oxygen atoms in total. The monoisotopic (exact) mass is 364 g/mol. The smallest absolute Gasteiger partial charge is 0.369 e. The molecular formula is C22H29AlOSi. The number of rotatable bonds is 5. The molecule has 0 fully saturated rings. The van der Waals surface area contributed by atoms with E-state index < -0.39 is 22.5 Å². The van der Waals surface area contributed by atoms with E-state index in [2.05, 4.69) is 104 Å². The van der Waals surface area contributed by atoms with Crippen molar-refractivity contribution in [2.75, 3.05) is 6.61 Å². The summed E-state index contributed by atoms with van der Waals surface area (Å²) in [6.07, 6.45) is 0.815. The maximum atomic E-state index is 6.80. The van der Waals surface area contributed by atoms with Gasteiger partial charge in [-0.2, -0.15) is 0 Å². The lowest BCUT2D eigenvalue weighted by Crippen LogP contribution is -2.66. The molecular weight excluding hydrogens is 335 g/mol. The van der Waals surface area contributed by atoms with Gasteiger partial charge in [0.1, 0.15) is 0 Å². The van der Waals surface area contributed by atoms with E-state index in [4.69, 9.17) is 4.43 Å². The Morgan fingerprint density at radius 3 is 1.76 bits per heavy atom. The van der Waals surface area contributed by atoms with E-state index in [0.29, 0.717) is 6.61 Å². The van der Waals surface area contributed by atoms with E-state index in [1.165, 1.54) is 10.4 Å². The average Bonchev–Trinajstić information content (AvgIpc) is 2.58. The van der Waals surface area contributed by atoms with Gasteiger partial charge in [0, 0.05) is 13.0 Å². The molecule has 25 heavy (non-hydrogen) atoms. The summed E-state index contributed by atoms with van der Waals surface area (Å²) in [7, 11) is -2.38. The van der Waals surface area contributed by atoms with Crippen molar-refractivity contribution in [2.24, 2.45) is 0 Å². The van der Waals surface area contributed by atoms with E-state index in [0.717, 1.165) is 6.42 Å². The molecule has 0 saturated heterocycles. The van der Waals surface area contributed by atoms with Gasteiger partial charge < -0.3 is 4.43 Å². The van der Waals surface area contributed by atoms with Crippen LogP contribution in [0.5, 0.6) is 0 Å². The zero-order valence-corrected chi connectivity index (χ0v) is 18.3. The summed E-state index contributed by atoms with van der Waals surface area (Å²) in [4.78, 5) is 3.37. The van der Waals surface area contributed by atoms with Crippen molar-refractivity contribution >= 4 is 32.8 Å². The van der Waals surface area contributed by atoms with Crippen molar-refractivity contribution < 1.29 is 4.43 Å². The van der Waals surface area contributed by atoms with Crippen LogP contribution < -0.4 is 10.4 Å². The molecule has 0 aliphatic rings. The minimum Gasteiger partial charge on any atom is -0.406 e. The van der Waals surface area contributed by atoms with Crippen LogP contribution >= 0.6 is 0 Å². The molecule has 0 aromatic heterocycles. The largest absolute Gasteiger partial charge is 0.406 e. The molecule has 0 bridgehead atoms. The van der Waals surface area contributed by atoms with E-state index >= 15 is 0 Å². The molecule has 0 saturated carbocycles. The SMILES string of the molecule is [CH3][Al]([CH3])[C]#CCCO[Si](c1ccccc1)(c1ccccc1)C(C)(C)C. The molecule has 0 radical (unpaired) electrons. The maximum absolute atomic E-state index is 6.80. The maximum Gasteiger partial charge on any atom is 0.369 e. The van der Waals surface area contributed by atoms with Gasteiger partial charge in [-0.1, -0.05) is 93.0 Å². The van der Waals surface area contributed by atoms with Crippen LogP contribution in [0.25, 0.3) is 0 Å². The molecule has 0 spiro atoms. The van der Waals surface area contributed by atoms with Gasteiger partial charge in [-0.25, -0.2) is 4.78 Å². The first-order valence-corrected chi connectivity index (χ1v) is 13.9. The number of benzene rings is 2. The van der Waals surface area contributed by atoms with Crippen LogP contribution in [0.1, 0.15) is 27.2 Å². The highest BCUT2D eigenvalue weighted by Gasteiger charge is 2.49. The van der Waals surface area contributed by atoms with Crippen LogP contribution in [0, 0.1) is 10.7 Å². The lowest BCUT2D eigenvalue weighted by atomic mass is 10.2. The second-order valence-corrected chi connectivity index (χ2v) is 14.6. The Labute approximate surface area is 159 Å². The van der Waals surface area contributed by atoms with E-state index in [1.807, 2.05) is 0 Å². The van der Waals surface area contributed by atoms with Gasteiger partial charge in [0.2, 0.25) is 0 Å². The summed E-state index contributed by atoms with van der Waals surface area (Å²) < 4.78 is 6.80. The summed E-state index contributed by atoms with van der Waals surface area (Å²) >= 11 is -0.813. The highest BCUT2D eigenvalue weighted by molar-refractivity contribution is 6.99. The topological polar surface area (TPSA) is 9.23 Å². The van der Waals surface area contributed by atoms with E-state index in [9.17, 15) is 0 Å². The van der Waals surface area contributed by atoms with Crippen LogP contribution in [-0.4, -0.2) is 29.1 Å². The molecule has 0 atom stereocenters. The van der Waals surface area contributed by atoms with Crippen molar-refractivity contribution in [3.63, 3.8) is 0 Å². The predicted octanol–water partition coefficient (Wildman–Crippen LogP) is 4.25. The van der Waals surface area contributed by atoms with Crippen LogP contribution in [0.15, 0.2) is 60.7 Å². The molecule has 2 aromatic carbocycles. The van der Waals surface area contributed by atoms with Crippen LogP contribution in [-0.2, 0) is 4.43 Å². The molecule has 0 aliphatic carbocycles. The van der Waals surface area contributed by atoms with Crippen molar-refractivity contribution in [3.05, 3.63) is 60.7 Å². The zero-order valence-electron chi connectivity index (χ0n) is 16.2. The van der Waals surface area contributed by atoms with Gasteiger partial charge in [-0.15, -0.1) is 5.92 Å². The summed E-state index contributed by atoms with van der Waals surface area (Å²) in [5.74, 6) is 7.84. The molecule has 0 heterocycles. The molecule has 2 rings (SSSR count). The predicted molar refractivity (Wildman–Crippen MR) is 113 cm³/mol. The van der Waals surface area contributed by atoms with Gasteiger partial charge >= 0.3 is 14.1 Å². The zero-order chi connectivity index (χ0) is 18.3. The Hall–Kier alpha value is -1.29. The van der Waals surface area contributed by atoms with E-state index in [-0.39, 0.29) is 5.04 Å². The van der Waals surface area contributed by atoms with Crippen LogP contribution in [0.2, 0.25) is 16.6 Å². The fourth-order valence-electron chi connectivity index (χ4n) is 3.29. The number of hydrogen-bond acceptors (Lipinski definition) is 1. The second-order valence-electron chi connectivity index (χ2n) is 7.74. The molecule has 0 amide bonds. The van der Waals surface area contributed by atoms with Crippen molar-refractivity contribution in [2.45, 2.75) is 43.8 Å². The quantitative estimate of drug-likeness (QED) is 0.438. The molecule has 2 aromatic rings. The first-order valence-electron chi connectivity index (χ1n) is 9.11. The van der Waals surface area contributed by atoms with Gasteiger partial charge in [0.15, 0.2) is 0 Å². The van der Waals surface area contributed by atoms with Crippen LogP contribution in [0.4, 0.5) is 0 Å². The van der Waals surface area contributed by atoms with Crippen molar-refractivity contribution in [1.29, 1.82) is 0 Å². The summed E-state index contributed by atoms with van der Waals surface area (Å²) in [5.41, 5.74) is 0. The first kappa shape index (κ1) is 20.0. The first-order chi connectivity index (χ1) is 11.9. The summed E-state index contributed by atoms with van der Waals surface area (Å²) in [6.45, 7) is 7.63. The summed E-state index contributed by atoms with van der Waals surface area (Å²) in [6, 6.07) is 21.6. The molecule has 130 valence electrons. The minimum absolute atomic E-state index is 0.0376. The second kappa shape index (κ2) is 8.88. The Balaban J connectivity index is 2.45. The molecule has 0 aliphatic heterocycles. The van der Waals surface area contributed by atoms with E-state index in [1.54, 1.807) is 0 Å². The fourth-order valence-corrected chi connectivity index (χ4v) is 8.41. The van der Waals surface area contributed by atoms with Gasteiger partial charge in [-0.05, 0) is 15.4 Å². The lowest BCUT2D eigenvalue weighted by molar-refractivity contribution is 0.306. The fraction of sp³-hybridized carbons (Fsp3) is 0.364. The Morgan fingerprint density at radius 2 is 1.36 bits per heavy atom. The third-order valence-electron chi connectivity index (χ3n) is 4.35. The molecule has 0 unspecified atom stereocenters. The minimum atomic E-state index is -2.38. The highest BCUT2D eigenvalue weighted by atomic mass is 28.4. The van der Waals surface area contributed by atoms with Gasteiger partial charge in [-0.3, -0.25) is 0 Å². The molecule has 3 heteroatoms. The van der Waals surface area contributed by atoms with Crippen molar-refractivity contribution in [1.82, 2.24) is 0 Å². The third kappa shape index (κ3) is 4.87. The standard InChI is InChI=1S/C20H23OSi.2CH3.Al/c1-5-6-17-21-22(20(2,3)4,18-13-9-7-10-14-18)19-15-11-8-12-16-19;;;/h7-16H,6,17H2,2-4H3;2*1H3;. The summed E-state index contributed by atoms with van der Waals surface area (Å²) in [5, 5.41) is 2.70. The van der Waals surface area contributed by atoms with Gasteiger partial charge in [0.05, 0.1) is 0 Å². The number of hydrogen-bond donors (Lipinski definition) is 0. The highest BCUT2D eigenvalue weighted by Crippen LogP contribution is 2.36. The lowest BCUT2D eigenvalue weighted by Gasteiger charge is -2.43. The Morgan fingerprint density at radius 1 is 0.880 bits per heavy atom. The Bertz CT molecular complexity index is 669. The Kier molecular flexibility index (Phi) is 7.12.